The second kappa shape index (κ2) is 10.00. The van der Waals surface area contributed by atoms with Crippen molar-refractivity contribution >= 4 is 29.9 Å². The molecule has 0 aliphatic heterocycles. The molecule has 2 fully saturated rings. The summed E-state index contributed by atoms with van der Waals surface area (Å²) >= 11 is 0. The highest BCUT2D eigenvalue weighted by Crippen LogP contribution is 2.39. The Balaban J connectivity index is 0.00000256. The number of hydrogen-bond donors (Lipinski definition) is 3. The van der Waals surface area contributed by atoms with Crippen molar-refractivity contribution in [2.24, 2.45) is 17.6 Å². The van der Waals surface area contributed by atoms with Gasteiger partial charge in [0.25, 0.3) is 11.8 Å². The molecular weight excluding hydrogens is 406 g/mol. The van der Waals surface area contributed by atoms with Gasteiger partial charge >= 0.3 is 0 Å². The third kappa shape index (κ3) is 5.34. The largest absolute Gasteiger partial charge is 0.484 e. The molecule has 2 atom stereocenters. The number of rotatable bonds is 6. The number of hydrogen-bond acceptors (Lipinski definition) is 5. The molecule has 7 nitrogen and oxygen atoms in total. The predicted octanol–water partition coefficient (Wildman–Crippen LogP) is 3.35. The van der Waals surface area contributed by atoms with Crippen LogP contribution in [-0.2, 0) is 4.79 Å². The fourth-order valence-corrected chi connectivity index (χ4v) is 4.67. The van der Waals surface area contributed by atoms with Crippen molar-refractivity contribution in [2.45, 2.75) is 44.2 Å². The molecule has 8 heteroatoms. The van der Waals surface area contributed by atoms with Gasteiger partial charge in [0.2, 0.25) is 0 Å². The minimum atomic E-state index is -0.341. The van der Waals surface area contributed by atoms with Gasteiger partial charge in [0.1, 0.15) is 5.75 Å². The summed E-state index contributed by atoms with van der Waals surface area (Å²) in [5, 5.41) is 5.92. The van der Waals surface area contributed by atoms with Gasteiger partial charge < -0.3 is 25.5 Å². The first-order valence-electron chi connectivity index (χ1n) is 10.2. The monoisotopic (exact) mass is 433 g/mol. The lowest BCUT2D eigenvalue weighted by Gasteiger charge is -2.45. The summed E-state index contributed by atoms with van der Waals surface area (Å²) < 4.78 is 10.7. The zero-order valence-electron chi connectivity index (χ0n) is 16.7. The molecule has 2 amide bonds. The molecule has 0 spiro atoms. The Hall–Kier alpha value is -2.51. The number of nitrogens with two attached hydrogens (primary N) is 1. The number of anilines is 1. The van der Waals surface area contributed by atoms with E-state index in [1.807, 2.05) is 0 Å². The number of nitrogens with one attached hydrogen (secondary N) is 2. The maximum Gasteiger partial charge on any atom is 0.291 e. The van der Waals surface area contributed by atoms with Gasteiger partial charge in [-0.15, -0.1) is 12.4 Å². The average Bonchev–Trinajstić information content (AvgIpc) is 3.22. The Morgan fingerprint density at radius 1 is 1.13 bits per heavy atom. The van der Waals surface area contributed by atoms with Crippen LogP contribution in [-0.4, -0.2) is 30.5 Å². The lowest BCUT2D eigenvalue weighted by Crippen LogP contribution is -2.54. The fraction of sp³-hybridized carbons (Fsp3) is 0.455. The van der Waals surface area contributed by atoms with Crippen molar-refractivity contribution in [2.75, 3.05) is 11.9 Å². The van der Waals surface area contributed by atoms with E-state index in [1.54, 1.807) is 36.4 Å². The van der Waals surface area contributed by atoms with E-state index in [0.29, 0.717) is 23.3 Å². The van der Waals surface area contributed by atoms with Crippen LogP contribution < -0.4 is 21.1 Å². The predicted molar refractivity (Wildman–Crippen MR) is 116 cm³/mol. The van der Waals surface area contributed by atoms with Crippen LogP contribution >= 0.6 is 12.4 Å². The van der Waals surface area contributed by atoms with E-state index in [9.17, 15) is 9.59 Å². The highest BCUT2D eigenvalue weighted by Gasteiger charge is 2.39. The number of ether oxygens (including phenoxy) is 1. The van der Waals surface area contributed by atoms with Gasteiger partial charge in [0.15, 0.2) is 12.4 Å². The standard InChI is InChI=1S/C22H27N3O4.ClH/c23-16-10-14-4-1-5-15(11-16)21(14)25-20(26)13-29-18-7-2-6-17(12-18)24-22(27)19-8-3-9-28-19;/h2-3,6-9,12,14-16,21H,1,4-5,10-11,13,23H2,(H,24,27)(H,25,26);1H. The summed E-state index contributed by atoms with van der Waals surface area (Å²) in [6.45, 7) is -0.0580. The van der Waals surface area contributed by atoms with Crippen molar-refractivity contribution in [3.8, 4) is 5.75 Å². The maximum atomic E-state index is 12.5. The topological polar surface area (TPSA) is 107 Å². The summed E-state index contributed by atoms with van der Waals surface area (Å²) in [6, 6.07) is 10.7. The van der Waals surface area contributed by atoms with Crippen LogP contribution in [0.2, 0.25) is 0 Å². The highest BCUT2D eigenvalue weighted by molar-refractivity contribution is 6.02. The average molecular weight is 434 g/mol. The highest BCUT2D eigenvalue weighted by atomic mass is 35.5. The molecule has 30 heavy (non-hydrogen) atoms. The molecule has 0 radical (unpaired) electrons. The van der Waals surface area contributed by atoms with Crippen molar-refractivity contribution in [3.63, 3.8) is 0 Å². The zero-order valence-corrected chi connectivity index (χ0v) is 17.5. The molecular formula is C22H28ClN3O4. The van der Waals surface area contributed by atoms with Crippen LogP contribution in [0.1, 0.15) is 42.7 Å². The van der Waals surface area contributed by atoms with Crippen LogP contribution in [0.4, 0.5) is 5.69 Å². The van der Waals surface area contributed by atoms with E-state index in [2.05, 4.69) is 10.6 Å². The van der Waals surface area contributed by atoms with Crippen LogP contribution in [0, 0.1) is 11.8 Å². The molecule has 1 heterocycles. The molecule has 2 aliphatic carbocycles. The Morgan fingerprint density at radius 2 is 1.90 bits per heavy atom. The van der Waals surface area contributed by atoms with Gasteiger partial charge in [-0.25, -0.2) is 0 Å². The van der Waals surface area contributed by atoms with Gasteiger partial charge in [0, 0.05) is 23.8 Å². The summed E-state index contributed by atoms with van der Waals surface area (Å²) in [5.74, 6) is 1.24. The lowest BCUT2D eigenvalue weighted by molar-refractivity contribution is -0.125. The third-order valence-corrected chi connectivity index (χ3v) is 5.91. The van der Waals surface area contributed by atoms with E-state index in [0.717, 1.165) is 25.7 Å². The molecule has 1 aromatic heterocycles. The van der Waals surface area contributed by atoms with Crippen molar-refractivity contribution < 1.29 is 18.7 Å². The molecule has 1 aromatic carbocycles. The van der Waals surface area contributed by atoms with Gasteiger partial charge in [0.05, 0.1) is 6.26 Å². The number of fused-ring (bicyclic) bond motifs is 2. The first-order valence-corrected chi connectivity index (χ1v) is 10.2. The Kier molecular flexibility index (Phi) is 7.39. The summed E-state index contributed by atoms with van der Waals surface area (Å²) in [6.07, 6.45) is 6.91. The van der Waals surface area contributed by atoms with Crippen LogP contribution in [0.5, 0.6) is 5.75 Å². The SMILES string of the molecule is Cl.NC1CC2CCCC(C1)C2NC(=O)COc1cccc(NC(=O)c2ccco2)c1. The molecule has 2 saturated carbocycles. The van der Waals surface area contributed by atoms with Gasteiger partial charge in [-0.1, -0.05) is 12.5 Å². The normalized spacial score (nSPS) is 25.0. The Morgan fingerprint density at radius 3 is 2.60 bits per heavy atom. The molecule has 2 bridgehead atoms. The molecule has 162 valence electrons. The van der Waals surface area contributed by atoms with E-state index < -0.39 is 0 Å². The molecule has 2 aliphatic rings. The fourth-order valence-electron chi connectivity index (χ4n) is 4.67. The maximum absolute atomic E-state index is 12.5. The minimum absolute atomic E-state index is 0. The molecule has 4 N–H and O–H groups in total. The Bertz CT molecular complexity index is 844. The smallest absolute Gasteiger partial charge is 0.291 e. The number of carbonyl (C=O) groups is 2. The number of carbonyl (C=O) groups excluding carboxylic acids is 2. The van der Waals surface area contributed by atoms with Gasteiger partial charge in [-0.2, -0.15) is 0 Å². The summed E-state index contributed by atoms with van der Waals surface area (Å²) in [4.78, 5) is 24.5. The number of benzene rings is 1. The molecule has 4 rings (SSSR count). The summed E-state index contributed by atoms with van der Waals surface area (Å²) in [7, 11) is 0. The minimum Gasteiger partial charge on any atom is -0.484 e. The van der Waals surface area contributed by atoms with Gasteiger partial charge in [-0.05, 0) is 61.8 Å². The van der Waals surface area contributed by atoms with E-state index >= 15 is 0 Å². The molecule has 2 unspecified atom stereocenters. The number of amides is 2. The second-order valence-electron chi connectivity index (χ2n) is 8.02. The third-order valence-electron chi connectivity index (χ3n) is 5.91. The number of halogens is 1. The number of furan rings is 1. The molecule has 0 saturated heterocycles. The first kappa shape index (κ1) is 22.2. The van der Waals surface area contributed by atoms with Crippen molar-refractivity contribution in [1.82, 2.24) is 5.32 Å². The van der Waals surface area contributed by atoms with Crippen molar-refractivity contribution in [3.05, 3.63) is 48.4 Å². The van der Waals surface area contributed by atoms with E-state index in [4.69, 9.17) is 14.9 Å². The van der Waals surface area contributed by atoms with Crippen molar-refractivity contribution in [1.29, 1.82) is 0 Å². The Labute approximate surface area is 182 Å². The van der Waals surface area contributed by atoms with E-state index in [1.165, 1.54) is 12.7 Å². The molecule has 2 aromatic rings. The second-order valence-corrected chi connectivity index (χ2v) is 8.02. The first-order chi connectivity index (χ1) is 14.1. The summed E-state index contributed by atoms with van der Waals surface area (Å²) in [5.41, 5.74) is 6.73. The van der Waals surface area contributed by atoms with Crippen LogP contribution in [0.15, 0.2) is 47.1 Å². The van der Waals surface area contributed by atoms with E-state index in [-0.39, 0.29) is 48.7 Å². The van der Waals surface area contributed by atoms with Crippen LogP contribution in [0.3, 0.4) is 0 Å². The lowest BCUT2D eigenvalue weighted by atomic mass is 9.67. The zero-order chi connectivity index (χ0) is 20.2. The van der Waals surface area contributed by atoms with Crippen LogP contribution in [0.25, 0.3) is 0 Å². The quantitative estimate of drug-likeness (QED) is 0.647. The van der Waals surface area contributed by atoms with Gasteiger partial charge in [-0.3, -0.25) is 9.59 Å².